The maximum atomic E-state index is 13.4. The zero-order valence-electron chi connectivity index (χ0n) is 10.4. The predicted octanol–water partition coefficient (Wildman–Crippen LogP) is 1.78. The molecule has 2 unspecified atom stereocenters. The molecule has 1 aliphatic heterocycles. The molecule has 2 N–H and O–H groups in total. The van der Waals surface area contributed by atoms with E-state index >= 15 is 0 Å². The molecule has 0 saturated carbocycles. The van der Waals surface area contributed by atoms with Gasteiger partial charge < -0.3 is 15.2 Å². The highest BCUT2D eigenvalue weighted by Gasteiger charge is 2.30. The van der Waals surface area contributed by atoms with Crippen LogP contribution in [0.2, 0.25) is 0 Å². The lowest BCUT2D eigenvalue weighted by atomic mass is 10.2. The van der Waals surface area contributed by atoms with Crippen LogP contribution in [0.5, 0.6) is 0 Å². The number of carboxylic acid groups (broad SMARTS) is 1. The van der Waals surface area contributed by atoms with E-state index in [2.05, 4.69) is 5.32 Å². The first-order valence-corrected chi connectivity index (χ1v) is 6.04. The molecule has 1 heterocycles. The van der Waals surface area contributed by atoms with Crippen molar-refractivity contribution in [2.45, 2.75) is 25.0 Å². The Morgan fingerprint density at radius 3 is 2.90 bits per heavy atom. The summed E-state index contributed by atoms with van der Waals surface area (Å²) in [6, 6.07) is 3.76. The molecule has 1 fully saturated rings. The summed E-state index contributed by atoms with van der Waals surface area (Å²) in [7, 11) is 0. The van der Waals surface area contributed by atoms with E-state index in [1.807, 2.05) is 0 Å². The van der Waals surface area contributed by atoms with Crippen LogP contribution >= 0.6 is 0 Å². The Morgan fingerprint density at radius 1 is 1.55 bits per heavy atom. The SMILES string of the molecule is O=C(O)C1CCC(CNc2cccc(F)c2[N+](=O)[O-])O1. The maximum Gasteiger partial charge on any atom is 0.332 e. The molecule has 1 saturated heterocycles. The average molecular weight is 284 g/mol. The number of nitrogens with zero attached hydrogens (tertiary/aromatic N) is 1. The summed E-state index contributed by atoms with van der Waals surface area (Å²) in [5.41, 5.74) is -0.572. The lowest BCUT2D eigenvalue weighted by Crippen LogP contribution is -2.24. The zero-order valence-corrected chi connectivity index (χ0v) is 10.4. The average Bonchev–Trinajstić information content (AvgIpc) is 2.84. The second-order valence-corrected chi connectivity index (χ2v) is 4.44. The molecule has 0 aromatic heterocycles. The molecular weight excluding hydrogens is 271 g/mol. The fourth-order valence-electron chi connectivity index (χ4n) is 2.10. The van der Waals surface area contributed by atoms with Gasteiger partial charge in [0, 0.05) is 6.54 Å². The second-order valence-electron chi connectivity index (χ2n) is 4.44. The van der Waals surface area contributed by atoms with Crippen molar-refractivity contribution in [1.82, 2.24) is 0 Å². The van der Waals surface area contributed by atoms with Crippen LogP contribution in [0.4, 0.5) is 15.8 Å². The van der Waals surface area contributed by atoms with Gasteiger partial charge in [0.15, 0.2) is 6.10 Å². The molecule has 1 aromatic carbocycles. The number of carbonyl (C=O) groups is 1. The molecule has 0 aliphatic carbocycles. The van der Waals surface area contributed by atoms with Gasteiger partial charge in [-0.1, -0.05) is 6.07 Å². The number of nitro groups is 1. The number of hydrogen-bond donors (Lipinski definition) is 2. The molecule has 0 amide bonds. The number of benzene rings is 1. The van der Waals surface area contributed by atoms with E-state index in [-0.39, 0.29) is 18.3 Å². The third-order valence-corrected chi connectivity index (χ3v) is 3.07. The van der Waals surface area contributed by atoms with E-state index in [1.165, 1.54) is 12.1 Å². The summed E-state index contributed by atoms with van der Waals surface area (Å²) < 4.78 is 18.6. The van der Waals surface area contributed by atoms with Crippen LogP contribution in [0.1, 0.15) is 12.8 Å². The summed E-state index contributed by atoms with van der Waals surface area (Å²) in [5.74, 6) is -1.94. The Morgan fingerprint density at radius 2 is 2.30 bits per heavy atom. The molecular formula is C12H13FN2O5. The minimum atomic E-state index is -1.02. The van der Waals surface area contributed by atoms with Gasteiger partial charge in [0.1, 0.15) is 5.69 Å². The lowest BCUT2D eigenvalue weighted by Gasteiger charge is -2.13. The van der Waals surface area contributed by atoms with E-state index < -0.39 is 28.5 Å². The van der Waals surface area contributed by atoms with E-state index in [0.717, 1.165) is 6.07 Å². The van der Waals surface area contributed by atoms with E-state index in [0.29, 0.717) is 12.8 Å². The number of nitrogens with one attached hydrogen (secondary N) is 1. The Kier molecular flexibility index (Phi) is 4.14. The molecule has 0 bridgehead atoms. The summed E-state index contributed by atoms with van der Waals surface area (Å²) in [5, 5.41) is 22.3. The topological polar surface area (TPSA) is 102 Å². The van der Waals surface area contributed by atoms with Gasteiger partial charge >= 0.3 is 11.7 Å². The normalized spacial score (nSPS) is 21.6. The Bertz CT molecular complexity index is 537. The number of para-hydroxylation sites is 1. The Balaban J connectivity index is 2.00. The van der Waals surface area contributed by atoms with Crippen molar-refractivity contribution in [1.29, 1.82) is 0 Å². The van der Waals surface area contributed by atoms with E-state index in [4.69, 9.17) is 9.84 Å². The third kappa shape index (κ3) is 3.02. The number of rotatable bonds is 5. The molecule has 108 valence electrons. The summed E-state index contributed by atoms with van der Waals surface area (Å²) >= 11 is 0. The second kappa shape index (κ2) is 5.83. The van der Waals surface area contributed by atoms with Crippen molar-refractivity contribution in [3.63, 3.8) is 0 Å². The molecule has 0 radical (unpaired) electrons. The first-order valence-electron chi connectivity index (χ1n) is 6.04. The monoisotopic (exact) mass is 284 g/mol. The van der Waals surface area contributed by atoms with Crippen molar-refractivity contribution in [3.05, 3.63) is 34.1 Å². The summed E-state index contributed by atoms with van der Waals surface area (Å²) in [6.07, 6.45) is -0.275. The summed E-state index contributed by atoms with van der Waals surface area (Å²) in [4.78, 5) is 20.7. The quantitative estimate of drug-likeness (QED) is 0.631. The third-order valence-electron chi connectivity index (χ3n) is 3.07. The molecule has 20 heavy (non-hydrogen) atoms. The smallest absolute Gasteiger partial charge is 0.332 e. The molecule has 2 rings (SSSR count). The molecule has 0 spiro atoms. The standard InChI is InChI=1S/C12H13FN2O5/c13-8-2-1-3-9(11(8)15(18)19)14-6-7-4-5-10(20-7)12(16)17/h1-3,7,10,14H,4-6H2,(H,16,17). The van der Waals surface area contributed by atoms with E-state index in [1.54, 1.807) is 0 Å². The van der Waals surface area contributed by atoms with Crippen LogP contribution in [-0.2, 0) is 9.53 Å². The van der Waals surface area contributed by atoms with Crippen molar-refractivity contribution in [2.75, 3.05) is 11.9 Å². The number of aliphatic carboxylic acids is 1. The highest BCUT2D eigenvalue weighted by Crippen LogP contribution is 2.28. The predicted molar refractivity (Wildman–Crippen MR) is 67.1 cm³/mol. The molecule has 8 heteroatoms. The molecule has 1 aromatic rings. The van der Waals surface area contributed by atoms with Crippen molar-refractivity contribution in [3.8, 4) is 0 Å². The van der Waals surface area contributed by atoms with Gasteiger partial charge in [0.2, 0.25) is 5.82 Å². The van der Waals surface area contributed by atoms with Gasteiger partial charge in [-0.3, -0.25) is 10.1 Å². The van der Waals surface area contributed by atoms with Crippen LogP contribution in [0.15, 0.2) is 18.2 Å². The van der Waals surface area contributed by atoms with Crippen LogP contribution in [0, 0.1) is 15.9 Å². The highest BCUT2D eigenvalue weighted by atomic mass is 19.1. The lowest BCUT2D eigenvalue weighted by molar-refractivity contribution is -0.386. The molecule has 2 atom stereocenters. The van der Waals surface area contributed by atoms with Gasteiger partial charge in [0.05, 0.1) is 11.0 Å². The van der Waals surface area contributed by atoms with Crippen molar-refractivity contribution < 1.29 is 24.0 Å². The van der Waals surface area contributed by atoms with Crippen LogP contribution < -0.4 is 5.32 Å². The number of nitro benzene ring substituents is 1. The minimum Gasteiger partial charge on any atom is -0.479 e. The van der Waals surface area contributed by atoms with Gasteiger partial charge in [-0.25, -0.2) is 4.79 Å². The fourth-order valence-corrected chi connectivity index (χ4v) is 2.10. The number of anilines is 1. The maximum absolute atomic E-state index is 13.4. The van der Waals surface area contributed by atoms with Crippen LogP contribution in [0.25, 0.3) is 0 Å². The van der Waals surface area contributed by atoms with Crippen LogP contribution in [0.3, 0.4) is 0 Å². The van der Waals surface area contributed by atoms with Gasteiger partial charge in [-0.05, 0) is 25.0 Å². The number of ether oxygens (including phenoxy) is 1. The first-order chi connectivity index (χ1) is 9.49. The van der Waals surface area contributed by atoms with Crippen LogP contribution in [-0.4, -0.2) is 34.8 Å². The minimum absolute atomic E-state index is 0.0531. The first kappa shape index (κ1) is 14.2. The molecule has 7 nitrogen and oxygen atoms in total. The zero-order chi connectivity index (χ0) is 14.7. The van der Waals surface area contributed by atoms with E-state index in [9.17, 15) is 19.3 Å². The number of carboxylic acids is 1. The summed E-state index contributed by atoms with van der Waals surface area (Å²) in [6.45, 7) is 0.189. The van der Waals surface area contributed by atoms with Gasteiger partial charge in [-0.15, -0.1) is 0 Å². The van der Waals surface area contributed by atoms with Crippen molar-refractivity contribution in [2.24, 2.45) is 0 Å². The van der Waals surface area contributed by atoms with Gasteiger partial charge in [0.25, 0.3) is 0 Å². The Labute approximate surface area is 113 Å². The van der Waals surface area contributed by atoms with Gasteiger partial charge in [-0.2, -0.15) is 4.39 Å². The Hall–Kier alpha value is -2.22. The largest absolute Gasteiger partial charge is 0.479 e. The number of halogens is 1. The van der Waals surface area contributed by atoms with Crippen molar-refractivity contribution >= 4 is 17.3 Å². The fraction of sp³-hybridized carbons (Fsp3) is 0.417. The highest BCUT2D eigenvalue weighted by molar-refractivity contribution is 5.72. The molecule has 1 aliphatic rings. The number of hydrogen-bond acceptors (Lipinski definition) is 5.